The van der Waals surface area contributed by atoms with Gasteiger partial charge in [0.1, 0.15) is 11.9 Å². The predicted octanol–water partition coefficient (Wildman–Crippen LogP) is 4.30. The van der Waals surface area contributed by atoms with E-state index in [-0.39, 0.29) is 12.1 Å². The van der Waals surface area contributed by atoms with Crippen LogP contribution in [0.5, 0.6) is 5.75 Å². The average molecular weight is 355 g/mol. The summed E-state index contributed by atoms with van der Waals surface area (Å²) in [5, 5.41) is 3.19. The van der Waals surface area contributed by atoms with E-state index < -0.39 is 0 Å². The number of esters is 1. The van der Waals surface area contributed by atoms with Crippen molar-refractivity contribution in [1.29, 1.82) is 0 Å². The Morgan fingerprint density at radius 3 is 2.42 bits per heavy atom. The lowest BCUT2D eigenvalue weighted by Gasteiger charge is -2.20. The predicted molar refractivity (Wildman–Crippen MR) is 104 cm³/mol. The number of ether oxygens (including phenoxy) is 2. The molecule has 2 rings (SSSR count). The average Bonchev–Trinajstić information content (AvgIpc) is 2.66. The van der Waals surface area contributed by atoms with Gasteiger partial charge in [0.15, 0.2) is 0 Å². The van der Waals surface area contributed by atoms with E-state index >= 15 is 0 Å². The molecule has 0 aliphatic rings. The molecule has 0 fully saturated rings. The van der Waals surface area contributed by atoms with Gasteiger partial charge in [-0.2, -0.15) is 0 Å². The van der Waals surface area contributed by atoms with Crippen molar-refractivity contribution in [2.45, 2.75) is 38.7 Å². The Bertz CT molecular complexity index is 640. The van der Waals surface area contributed by atoms with Crippen LogP contribution in [-0.4, -0.2) is 26.2 Å². The molecule has 140 valence electrons. The van der Waals surface area contributed by atoms with E-state index in [1.54, 1.807) is 0 Å². The number of carbonyl (C=O) groups excluding carboxylic acids is 1. The summed E-state index contributed by atoms with van der Waals surface area (Å²) in [6.45, 7) is 2.85. The molecule has 0 spiro atoms. The second-order valence-corrected chi connectivity index (χ2v) is 6.35. The third-order valence-electron chi connectivity index (χ3n) is 4.19. The van der Waals surface area contributed by atoms with Crippen molar-refractivity contribution in [3.63, 3.8) is 0 Å². The van der Waals surface area contributed by atoms with Crippen LogP contribution in [0.25, 0.3) is 0 Å². The third-order valence-corrected chi connectivity index (χ3v) is 4.19. The zero-order chi connectivity index (χ0) is 18.6. The highest BCUT2D eigenvalue weighted by molar-refractivity contribution is 5.65. The van der Waals surface area contributed by atoms with E-state index in [2.05, 4.69) is 29.6 Å². The van der Waals surface area contributed by atoms with E-state index in [0.29, 0.717) is 6.61 Å². The Kier molecular flexibility index (Phi) is 8.70. The molecule has 1 atom stereocenters. The molecule has 0 amide bonds. The first-order valence-electron chi connectivity index (χ1n) is 9.27. The maximum Gasteiger partial charge on any atom is 0.302 e. The fourth-order valence-electron chi connectivity index (χ4n) is 2.78. The summed E-state index contributed by atoms with van der Waals surface area (Å²) in [6, 6.07) is 18.6. The normalized spacial score (nSPS) is 11.8. The van der Waals surface area contributed by atoms with Crippen molar-refractivity contribution < 1.29 is 14.3 Å². The van der Waals surface area contributed by atoms with Gasteiger partial charge in [-0.1, -0.05) is 42.5 Å². The lowest BCUT2D eigenvalue weighted by molar-refractivity contribution is -0.141. The highest BCUT2D eigenvalue weighted by Crippen LogP contribution is 2.25. The number of rotatable bonds is 11. The van der Waals surface area contributed by atoms with Gasteiger partial charge in [0.2, 0.25) is 0 Å². The molecule has 1 unspecified atom stereocenters. The van der Waals surface area contributed by atoms with Crippen LogP contribution < -0.4 is 10.1 Å². The van der Waals surface area contributed by atoms with Crippen LogP contribution in [0, 0.1) is 0 Å². The molecule has 0 bridgehead atoms. The summed E-state index contributed by atoms with van der Waals surface area (Å²) in [4.78, 5) is 10.7. The smallest absolute Gasteiger partial charge is 0.302 e. The summed E-state index contributed by atoms with van der Waals surface area (Å²) in [7, 11) is 1.96. The molecule has 0 saturated heterocycles. The first-order valence-corrected chi connectivity index (χ1v) is 9.27. The van der Waals surface area contributed by atoms with E-state index in [0.717, 1.165) is 38.0 Å². The van der Waals surface area contributed by atoms with Gasteiger partial charge in [0.05, 0.1) is 6.61 Å². The van der Waals surface area contributed by atoms with Gasteiger partial charge in [-0.25, -0.2) is 0 Å². The van der Waals surface area contributed by atoms with E-state index in [9.17, 15) is 4.79 Å². The Labute approximate surface area is 156 Å². The summed E-state index contributed by atoms with van der Waals surface area (Å²) < 4.78 is 11.2. The molecule has 0 aliphatic carbocycles. The quantitative estimate of drug-likeness (QED) is 0.482. The molecular weight excluding hydrogens is 326 g/mol. The maximum atomic E-state index is 10.7. The zero-order valence-electron chi connectivity index (χ0n) is 15.7. The summed E-state index contributed by atoms with van der Waals surface area (Å²) in [5.41, 5.74) is 2.46. The van der Waals surface area contributed by atoms with Crippen LogP contribution in [0.3, 0.4) is 0 Å². The van der Waals surface area contributed by atoms with Gasteiger partial charge in [-0.05, 0) is 56.1 Å². The lowest BCUT2D eigenvalue weighted by Crippen LogP contribution is -2.16. The van der Waals surface area contributed by atoms with Gasteiger partial charge in [-0.15, -0.1) is 0 Å². The van der Waals surface area contributed by atoms with Gasteiger partial charge in [0.25, 0.3) is 0 Å². The molecule has 0 aliphatic heterocycles. The van der Waals surface area contributed by atoms with Crippen molar-refractivity contribution in [3.05, 3.63) is 65.7 Å². The van der Waals surface area contributed by atoms with Crippen molar-refractivity contribution >= 4 is 5.97 Å². The first kappa shape index (κ1) is 20.0. The molecule has 0 aromatic heterocycles. The van der Waals surface area contributed by atoms with Crippen LogP contribution in [0.1, 0.15) is 43.4 Å². The van der Waals surface area contributed by atoms with E-state index in [1.165, 1.54) is 18.1 Å². The molecule has 26 heavy (non-hydrogen) atoms. The van der Waals surface area contributed by atoms with Crippen LogP contribution >= 0.6 is 0 Å². The molecule has 1 N–H and O–H groups in total. The number of hydrogen-bond donors (Lipinski definition) is 1. The highest BCUT2D eigenvalue weighted by atomic mass is 16.5. The standard InChI is InChI=1S/C22H29NO3/c1-18(24)25-17-7-6-8-19-11-13-21(14-12-19)26-22(15-16-23-2)20-9-4-3-5-10-20/h3-5,9-14,22-23H,6-8,15-17H2,1-2H3. The fourth-order valence-corrected chi connectivity index (χ4v) is 2.78. The molecule has 2 aromatic carbocycles. The summed E-state index contributed by atoms with van der Waals surface area (Å²) in [5.74, 6) is 0.677. The third kappa shape index (κ3) is 7.28. The number of benzene rings is 2. The van der Waals surface area contributed by atoms with Gasteiger partial charge in [0, 0.05) is 13.3 Å². The summed E-state index contributed by atoms with van der Waals surface area (Å²) >= 11 is 0. The number of nitrogens with one attached hydrogen (secondary N) is 1. The lowest BCUT2D eigenvalue weighted by atomic mass is 10.1. The monoisotopic (exact) mass is 355 g/mol. The SMILES string of the molecule is CNCCC(Oc1ccc(CCCCOC(C)=O)cc1)c1ccccc1. The van der Waals surface area contributed by atoms with Gasteiger partial charge >= 0.3 is 5.97 Å². The minimum atomic E-state index is -0.210. The first-order chi connectivity index (χ1) is 12.7. The van der Waals surface area contributed by atoms with Crippen LogP contribution in [0.4, 0.5) is 0 Å². The second-order valence-electron chi connectivity index (χ2n) is 6.35. The van der Waals surface area contributed by atoms with Crippen molar-refractivity contribution in [2.75, 3.05) is 20.2 Å². The Morgan fingerprint density at radius 1 is 1.04 bits per heavy atom. The van der Waals surface area contributed by atoms with Crippen LogP contribution in [0.15, 0.2) is 54.6 Å². The molecular formula is C22H29NO3. The van der Waals surface area contributed by atoms with E-state index in [4.69, 9.17) is 9.47 Å². The highest BCUT2D eigenvalue weighted by Gasteiger charge is 2.12. The number of hydrogen-bond acceptors (Lipinski definition) is 4. The number of aryl methyl sites for hydroxylation is 1. The van der Waals surface area contributed by atoms with Crippen molar-refractivity contribution in [2.24, 2.45) is 0 Å². The second kappa shape index (κ2) is 11.3. The maximum absolute atomic E-state index is 10.7. The summed E-state index contributed by atoms with van der Waals surface area (Å²) in [6.07, 6.45) is 3.82. The van der Waals surface area contributed by atoms with Gasteiger partial charge in [-0.3, -0.25) is 4.79 Å². The Balaban J connectivity index is 1.86. The van der Waals surface area contributed by atoms with E-state index in [1.807, 2.05) is 37.4 Å². The molecule has 4 nitrogen and oxygen atoms in total. The topological polar surface area (TPSA) is 47.6 Å². The molecule has 4 heteroatoms. The van der Waals surface area contributed by atoms with Crippen molar-refractivity contribution in [1.82, 2.24) is 5.32 Å². The molecule has 0 saturated carbocycles. The van der Waals surface area contributed by atoms with Crippen molar-refractivity contribution in [3.8, 4) is 5.75 Å². The van der Waals surface area contributed by atoms with Gasteiger partial charge < -0.3 is 14.8 Å². The zero-order valence-corrected chi connectivity index (χ0v) is 15.7. The number of carbonyl (C=O) groups is 1. The minimum Gasteiger partial charge on any atom is -0.486 e. The number of unbranched alkanes of at least 4 members (excludes halogenated alkanes) is 1. The largest absolute Gasteiger partial charge is 0.486 e. The molecule has 0 heterocycles. The molecule has 0 radical (unpaired) electrons. The Morgan fingerprint density at radius 2 is 1.77 bits per heavy atom. The fraction of sp³-hybridized carbons (Fsp3) is 0.409. The molecule has 2 aromatic rings. The Hall–Kier alpha value is -2.33. The van der Waals surface area contributed by atoms with Crippen LogP contribution in [-0.2, 0) is 16.0 Å². The minimum absolute atomic E-state index is 0.0400. The van der Waals surface area contributed by atoms with Crippen LogP contribution in [0.2, 0.25) is 0 Å².